The van der Waals surface area contributed by atoms with E-state index in [4.69, 9.17) is 4.74 Å². The van der Waals surface area contributed by atoms with Gasteiger partial charge in [0.2, 0.25) is 11.7 Å². The lowest BCUT2D eigenvalue weighted by Gasteiger charge is -2.14. The Kier molecular flexibility index (Phi) is 7.74. The Bertz CT molecular complexity index is 1310. The fourth-order valence-electron chi connectivity index (χ4n) is 3.35. The van der Waals surface area contributed by atoms with Crippen LogP contribution in [0, 0.1) is 0 Å². The van der Waals surface area contributed by atoms with Crippen molar-refractivity contribution < 1.29 is 9.53 Å². The third-order valence-electron chi connectivity index (χ3n) is 5.17. The monoisotopic (exact) mass is 471 g/mol. The molecule has 0 fully saturated rings. The van der Waals surface area contributed by atoms with Crippen LogP contribution in [-0.2, 0) is 6.42 Å². The number of carbonyl (C=O) groups is 1. The number of anilines is 1. The van der Waals surface area contributed by atoms with Crippen molar-refractivity contribution in [2.75, 3.05) is 11.9 Å². The van der Waals surface area contributed by atoms with Crippen molar-refractivity contribution in [2.45, 2.75) is 25.8 Å². The number of H-pyrrole nitrogens is 1. The van der Waals surface area contributed by atoms with Crippen molar-refractivity contribution in [3.8, 4) is 17.1 Å². The van der Waals surface area contributed by atoms with Gasteiger partial charge in [-0.05, 0) is 43.0 Å². The maximum atomic E-state index is 12.2. The number of aryl methyl sites for hydroxylation is 1. The van der Waals surface area contributed by atoms with Crippen LogP contribution in [0.2, 0.25) is 0 Å². The summed E-state index contributed by atoms with van der Waals surface area (Å²) < 4.78 is 5.21. The summed E-state index contributed by atoms with van der Waals surface area (Å²) in [6, 6.07) is 16.8. The van der Waals surface area contributed by atoms with E-state index in [0.717, 1.165) is 17.5 Å². The van der Waals surface area contributed by atoms with Crippen LogP contribution in [0.15, 0.2) is 78.0 Å². The van der Waals surface area contributed by atoms with Crippen molar-refractivity contribution in [3.05, 3.63) is 94.7 Å². The van der Waals surface area contributed by atoms with E-state index in [-0.39, 0.29) is 11.8 Å². The maximum Gasteiger partial charge on any atom is 0.412 e. The van der Waals surface area contributed by atoms with Crippen LogP contribution in [0.5, 0.6) is 5.75 Å². The molecular formula is C25H25N7O3. The number of ether oxygens (including phenoxy) is 1. The largest absolute Gasteiger partial charge is 0.412 e. The van der Waals surface area contributed by atoms with Gasteiger partial charge in [-0.3, -0.25) is 9.78 Å². The zero-order chi connectivity index (χ0) is 24.5. The molecule has 10 heteroatoms. The first-order valence-corrected chi connectivity index (χ1v) is 11.2. The highest BCUT2D eigenvalue weighted by Crippen LogP contribution is 2.20. The first-order valence-electron chi connectivity index (χ1n) is 11.2. The number of nitrogens with one attached hydrogen (secondary N) is 3. The van der Waals surface area contributed by atoms with Gasteiger partial charge in [0.1, 0.15) is 5.69 Å². The van der Waals surface area contributed by atoms with Gasteiger partial charge < -0.3 is 15.4 Å². The van der Waals surface area contributed by atoms with Gasteiger partial charge in [-0.2, -0.15) is 5.10 Å². The molecule has 1 amide bonds. The summed E-state index contributed by atoms with van der Waals surface area (Å²) in [5, 5.41) is 12.3. The molecule has 10 nitrogen and oxygen atoms in total. The normalized spacial score (nSPS) is 11.5. The van der Waals surface area contributed by atoms with Crippen LogP contribution >= 0.6 is 0 Å². The van der Waals surface area contributed by atoms with Crippen molar-refractivity contribution in [1.29, 1.82) is 0 Å². The average molecular weight is 472 g/mol. The van der Waals surface area contributed by atoms with E-state index in [9.17, 15) is 9.59 Å². The number of hydrogen-bond acceptors (Lipinski definition) is 8. The van der Waals surface area contributed by atoms with Gasteiger partial charge in [0.15, 0.2) is 0 Å². The Hall–Kier alpha value is -4.60. The molecule has 3 N–H and O–H groups in total. The molecule has 35 heavy (non-hydrogen) atoms. The number of amides is 1. The van der Waals surface area contributed by atoms with Crippen LogP contribution in [-0.4, -0.2) is 37.8 Å². The zero-order valence-electron chi connectivity index (χ0n) is 19.1. The van der Waals surface area contributed by atoms with E-state index in [0.29, 0.717) is 30.3 Å². The lowest BCUT2D eigenvalue weighted by molar-refractivity contribution is 0.199. The third kappa shape index (κ3) is 6.70. The van der Waals surface area contributed by atoms with Crippen LogP contribution < -0.4 is 20.9 Å². The third-order valence-corrected chi connectivity index (χ3v) is 5.17. The Labute approximate surface area is 201 Å². The fourth-order valence-corrected chi connectivity index (χ4v) is 3.35. The SMILES string of the molecule is C[C@@H](Nc1nccc(-c2cc(OC(=O)NCCCc3cccnc3)c(=O)[nH]n2)n1)c1ccccc1. The van der Waals surface area contributed by atoms with E-state index >= 15 is 0 Å². The van der Waals surface area contributed by atoms with Gasteiger partial charge in [-0.15, -0.1) is 0 Å². The molecule has 0 aliphatic carbocycles. The first-order chi connectivity index (χ1) is 17.1. The molecule has 0 aliphatic heterocycles. The smallest absolute Gasteiger partial charge is 0.404 e. The summed E-state index contributed by atoms with van der Waals surface area (Å²) in [6.07, 6.45) is 5.83. The Morgan fingerprint density at radius 1 is 1.09 bits per heavy atom. The number of aromatic nitrogens is 5. The van der Waals surface area contributed by atoms with E-state index in [1.165, 1.54) is 6.07 Å². The molecule has 0 aliphatic rings. The minimum absolute atomic E-state index is 0.0178. The van der Waals surface area contributed by atoms with E-state index < -0.39 is 11.7 Å². The van der Waals surface area contributed by atoms with Gasteiger partial charge >= 0.3 is 11.7 Å². The zero-order valence-corrected chi connectivity index (χ0v) is 19.1. The number of rotatable bonds is 9. The molecule has 0 radical (unpaired) electrons. The topological polar surface area (TPSA) is 135 Å². The summed E-state index contributed by atoms with van der Waals surface area (Å²) in [7, 11) is 0. The second-order valence-electron chi connectivity index (χ2n) is 7.77. The number of carbonyl (C=O) groups excluding carboxylic acids is 1. The van der Waals surface area contributed by atoms with Gasteiger partial charge in [0, 0.05) is 31.2 Å². The molecule has 3 aromatic heterocycles. The molecule has 3 heterocycles. The highest BCUT2D eigenvalue weighted by molar-refractivity contribution is 5.70. The molecule has 4 rings (SSSR count). The summed E-state index contributed by atoms with van der Waals surface area (Å²) >= 11 is 0. The molecule has 0 saturated heterocycles. The standard InChI is InChI=1S/C25H25N7O3/c1-17(19-9-3-2-4-10-19)29-24-27-14-11-20(30-24)21-15-22(23(33)32-31-21)35-25(34)28-13-6-8-18-7-5-12-26-16-18/h2-5,7,9-12,14-17H,6,8,13H2,1H3,(H,28,34)(H,32,33)(H,27,29,30)/t17-/m1/s1. The molecule has 4 aromatic rings. The number of aromatic amines is 1. The Morgan fingerprint density at radius 2 is 1.94 bits per heavy atom. The molecule has 1 aromatic carbocycles. The van der Waals surface area contributed by atoms with E-state index in [1.807, 2.05) is 49.4 Å². The van der Waals surface area contributed by atoms with Crippen LogP contribution in [0.4, 0.5) is 10.7 Å². The van der Waals surface area contributed by atoms with Crippen LogP contribution in [0.3, 0.4) is 0 Å². The maximum absolute atomic E-state index is 12.2. The van der Waals surface area contributed by atoms with Crippen LogP contribution in [0.25, 0.3) is 11.4 Å². The Balaban J connectivity index is 1.37. The van der Waals surface area contributed by atoms with Crippen molar-refractivity contribution >= 4 is 12.0 Å². The van der Waals surface area contributed by atoms with Crippen LogP contribution in [0.1, 0.15) is 30.5 Å². The molecule has 0 bridgehead atoms. The summed E-state index contributed by atoms with van der Waals surface area (Å²) in [5.74, 6) is 0.228. The Morgan fingerprint density at radius 3 is 2.74 bits per heavy atom. The average Bonchev–Trinajstić information content (AvgIpc) is 2.89. The molecule has 0 saturated carbocycles. The number of benzene rings is 1. The fraction of sp³-hybridized carbons (Fsp3) is 0.200. The molecule has 0 unspecified atom stereocenters. The lowest BCUT2D eigenvalue weighted by atomic mass is 10.1. The van der Waals surface area contributed by atoms with Gasteiger partial charge in [0.05, 0.1) is 11.7 Å². The lowest BCUT2D eigenvalue weighted by Crippen LogP contribution is -2.30. The summed E-state index contributed by atoms with van der Waals surface area (Å²) in [4.78, 5) is 37.1. The summed E-state index contributed by atoms with van der Waals surface area (Å²) in [6.45, 7) is 2.40. The molecule has 178 valence electrons. The quantitative estimate of drug-likeness (QED) is 0.316. The second kappa shape index (κ2) is 11.5. The minimum atomic E-state index is -0.722. The number of pyridine rings is 1. The minimum Gasteiger partial charge on any atom is -0.404 e. The first kappa shape index (κ1) is 23.6. The number of nitrogens with zero attached hydrogens (tertiary/aromatic N) is 4. The van der Waals surface area contributed by atoms with Gasteiger partial charge in [-0.25, -0.2) is 19.9 Å². The highest BCUT2D eigenvalue weighted by atomic mass is 16.6. The molecule has 1 atom stereocenters. The highest BCUT2D eigenvalue weighted by Gasteiger charge is 2.13. The molecule has 0 spiro atoms. The van der Waals surface area contributed by atoms with E-state index in [2.05, 4.69) is 35.8 Å². The molecular weight excluding hydrogens is 446 g/mol. The predicted octanol–water partition coefficient (Wildman–Crippen LogP) is 3.52. The summed E-state index contributed by atoms with van der Waals surface area (Å²) in [5.41, 5.74) is 2.34. The van der Waals surface area contributed by atoms with Crippen molar-refractivity contribution in [3.63, 3.8) is 0 Å². The van der Waals surface area contributed by atoms with Gasteiger partial charge in [0.25, 0.3) is 0 Å². The predicted molar refractivity (Wildman–Crippen MR) is 131 cm³/mol. The van der Waals surface area contributed by atoms with Crippen molar-refractivity contribution in [1.82, 2.24) is 30.5 Å². The number of hydrogen-bond donors (Lipinski definition) is 3. The van der Waals surface area contributed by atoms with Crippen molar-refractivity contribution in [2.24, 2.45) is 0 Å². The van der Waals surface area contributed by atoms with Gasteiger partial charge in [-0.1, -0.05) is 36.4 Å². The van der Waals surface area contributed by atoms with E-state index in [1.54, 1.807) is 24.7 Å². The second-order valence-corrected chi connectivity index (χ2v) is 7.77.